The molecule has 0 aliphatic carbocycles. The molecule has 2 heteroatoms. The third-order valence-corrected chi connectivity index (χ3v) is 8.54. The van der Waals surface area contributed by atoms with Gasteiger partial charge in [0.1, 0.15) is 0 Å². The van der Waals surface area contributed by atoms with Crippen LogP contribution in [0.5, 0.6) is 0 Å². The molecule has 0 saturated carbocycles. The number of carbonyl (C=O) groups excluding carboxylic acids is 1. The molecule has 0 aromatic rings. The largest absolute Gasteiger partial charge is 0.465 e. The van der Waals surface area contributed by atoms with Crippen molar-refractivity contribution in [3.05, 3.63) is 0 Å². The maximum atomic E-state index is 12.7. The number of rotatable bonds is 31. The zero-order valence-electron chi connectivity index (χ0n) is 27.0. The number of unbranched alkanes of at least 4 members (excludes halogenated alkanes) is 22. The minimum absolute atomic E-state index is 0.0567. The Balaban J connectivity index is 4.04. The average Bonchev–Trinajstić information content (AvgIpc) is 2.92. The zero-order valence-corrected chi connectivity index (χ0v) is 27.0. The van der Waals surface area contributed by atoms with Crippen molar-refractivity contribution in [1.29, 1.82) is 0 Å². The van der Waals surface area contributed by atoms with Crippen LogP contribution in [0.25, 0.3) is 0 Å². The second-order valence-electron chi connectivity index (χ2n) is 12.5. The average molecular weight is 537 g/mol. The van der Waals surface area contributed by atoms with Crippen molar-refractivity contribution in [2.45, 2.75) is 207 Å². The molecule has 0 fully saturated rings. The summed E-state index contributed by atoms with van der Waals surface area (Å²) in [6.45, 7) is 9.60. The summed E-state index contributed by atoms with van der Waals surface area (Å²) in [5.74, 6) is 0.687. The van der Waals surface area contributed by atoms with Crippen molar-refractivity contribution < 1.29 is 9.53 Å². The third-order valence-electron chi connectivity index (χ3n) is 8.54. The van der Waals surface area contributed by atoms with Crippen LogP contribution in [0, 0.1) is 11.8 Å². The van der Waals surface area contributed by atoms with E-state index in [1.165, 1.54) is 173 Å². The van der Waals surface area contributed by atoms with Crippen molar-refractivity contribution in [2.75, 3.05) is 6.61 Å². The van der Waals surface area contributed by atoms with Gasteiger partial charge in [0.15, 0.2) is 0 Å². The Bertz CT molecular complexity index is 442. The highest BCUT2D eigenvalue weighted by Gasteiger charge is 2.17. The highest BCUT2D eigenvalue weighted by molar-refractivity contribution is 5.71. The molecule has 0 rings (SSSR count). The fraction of sp³-hybridized carbons (Fsp3) is 0.972. The van der Waals surface area contributed by atoms with Crippen LogP contribution in [-0.4, -0.2) is 12.6 Å². The predicted octanol–water partition coefficient (Wildman–Crippen LogP) is 12.8. The summed E-state index contributed by atoms with van der Waals surface area (Å²) < 4.78 is 5.90. The minimum Gasteiger partial charge on any atom is -0.465 e. The SMILES string of the molecule is CCCCCCCCCCCCCC(C)C(=O)OCC(CCCCCCCCC)CCCCCCCCC. The van der Waals surface area contributed by atoms with Gasteiger partial charge in [0.2, 0.25) is 0 Å². The Morgan fingerprint density at radius 2 is 0.737 bits per heavy atom. The molecule has 0 aliphatic rings. The standard InChI is InChI=1S/C36H72O2/c1-5-8-11-14-17-18-19-20-23-24-27-30-34(4)36(37)38-33-35(31-28-25-21-15-12-9-6-2)32-29-26-22-16-13-10-7-3/h34-35H,5-33H2,1-4H3. The van der Waals surface area contributed by atoms with Crippen molar-refractivity contribution >= 4 is 5.97 Å². The molecule has 0 N–H and O–H groups in total. The van der Waals surface area contributed by atoms with Gasteiger partial charge in [-0.1, -0.05) is 188 Å². The van der Waals surface area contributed by atoms with E-state index in [2.05, 4.69) is 27.7 Å². The Kier molecular flexibility index (Phi) is 30.6. The Morgan fingerprint density at radius 3 is 1.08 bits per heavy atom. The molecular formula is C36H72O2. The van der Waals surface area contributed by atoms with Crippen LogP contribution in [0.1, 0.15) is 207 Å². The van der Waals surface area contributed by atoms with E-state index in [1.807, 2.05) is 0 Å². The van der Waals surface area contributed by atoms with Crippen LogP contribution in [-0.2, 0) is 9.53 Å². The number of hydrogen-bond donors (Lipinski definition) is 0. The van der Waals surface area contributed by atoms with Crippen LogP contribution in [0.15, 0.2) is 0 Å². The lowest BCUT2D eigenvalue weighted by molar-refractivity contribution is -0.149. The lowest BCUT2D eigenvalue weighted by Crippen LogP contribution is -2.20. The van der Waals surface area contributed by atoms with E-state index < -0.39 is 0 Å². The Hall–Kier alpha value is -0.530. The normalized spacial score (nSPS) is 12.3. The molecule has 0 amide bonds. The summed E-state index contributed by atoms with van der Waals surface area (Å²) in [7, 11) is 0. The summed E-state index contributed by atoms with van der Waals surface area (Å²) >= 11 is 0. The van der Waals surface area contributed by atoms with Gasteiger partial charge < -0.3 is 4.74 Å². The molecule has 1 atom stereocenters. The van der Waals surface area contributed by atoms with Crippen molar-refractivity contribution in [3.8, 4) is 0 Å². The lowest BCUT2D eigenvalue weighted by Gasteiger charge is -2.19. The second-order valence-corrected chi connectivity index (χ2v) is 12.5. The first kappa shape index (κ1) is 37.5. The first-order valence-electron chi connectivity index (χ1n) is 17.8. The summed E-state index contributed by atoms with van der Waals surface area (Å²) in [5, 5.41) is 0. The summed E-state index contributed by atoms with van der Waals surface area (Å²) in [6.07, 6.45) is 37.5. The maximum absolute atomic E-state index is 12.7. The van der Waals surface area contributed by atoms with Crippen LogP contribution in [0.2, 0.25) is 0 Å². The van der Waals surface area contributed by atoms with Gasteiger partial charge in [0.25, 0.3) is 0 Å². The molecule has 2 nitrogen and oxygen atoms in total. The van der Waals surface area contributed by atoms with Crippen LogP contribution in [0.4, 0.5) is 0 Å². The monoisotopic (exact) mass is 537 g/mol. The molecular weight excluding hydrogens is 464 g/mol. The van der Waals surface area contributed by atoms with Gasteiger partial charge in [0, 0.05) is 0 Å². The maximum Gasteiger partial charge on any atom is 0.308 e. The van der Waals surface area contributed by atoms with E-state index in [0.29, 0.717) is 12.5 Å². The molecule has 0 heterocycles. The van der Waals surface area contributed by atoms with Gasteiger partial charge in [-0.25, -0.2) is 0 Å². The van der Waals surface area contributed by atoms with Gasteiger partial charge in [-0.3, -0.25) is 4.79 Å². The molecule has 38 heavy (non-hydrogen) atoms. The van der Waals surface area contributed by atoms with Crippen molar-refractivity contribution in [1.82, 2.24) is 0 Å². The topological polar surface area (TPSA) is 26.3 Å². The summed E-state index contributed by atoms with van der Waals surface area (Å²) in [4.78, 5) is 12.7. The van der Waals surface area contributed by atoms with E-state index in [4.69, 9.17) is 4.74 Å². The van der Waals surface area contributed by atoms with Gasteiger partial charge in [-0.2, -0.15) is 0 Å². The van der Waals surface area contributed by atoms with Gasteiger partial charge >= 0.3 is 5.97 Å². The molecule has 0 aliphatic heterocycles. The van der Waals surface area contributed by atoms with E-state index in [9.17, 15) is 4.79 Å². The highest BCUT2D eigenvalue weighted by atomic mass is 16.5. The number of hydrogen-bond acceptors (Lipinski definition) is 2. The summed E-state index contributed by atoms with van der Waals surface area (Å²) in [6, 6.07) is 0. The Labute approximate surface area is 241 Å². The van der Waals surface area contributed by atoms with Crippen LogP contribution >= 0.6 is 0 Å². The van der Waals surface area contributed by atoms with Gasteiger partial charge in [-0.05, 0) is 25.2 Å². The van der Waals surface area contributed by atoms with E-state index in [0.717, 1.165) is 6.42 Å². The molecule has 0 spiro atoms. The van der Waals surface area contributed by atoms with E-state index in [1.54, 1.807) is 0 Å². The van der Waals surface area contributed by atoms with Gasteiger partial charge in [0.05, 0.1) is 12.5 Å². The number of ether oxygens (including phenoxy) is 1. The molecule has 1 unspecified atom stereocenters. The number of carbonyl (C=O) groups is 1. The Morgan fingerprint density at radius 1 is 0.447 bits per heavy atom. The zero-order chi connectivity index (χ0) is 27.9. The second kappa shape index (κ2) is 31.0. The molecule has 0 saturated heterocycles. The van der Waals surface area contributed by atoms with E-state index in [-0.39, 0.29) is 11.9 Å². The lowest BCUT2D eigenvalue weighted by atomic mass is 9.94. The van der Waals surface area contributed by atoms with Crippen LogP contribution in [0.3, 0.4) is 0 Å². The molecule has 0 radical (unpaired) electrons. The smallest absolute Gasteiger partial charge is 0.308 e. The molecule has 0 aromatic carbocycles. The number of esters is 1. The molecule has 228 valence electrons. The fourth-order valence-electron chi connectivity index (χ4n) is 5.67. The van der Waals surface area contributed by atoms with Crippen LogP contribution < -0.4 is 0 Å². The first-order valence-corrected chi connectivity index (χ1v) is 17.8. The van der Waals surface area contributed by atoms with Gasteiger partial charge in [-0.15, -0.1) is 0 Å². The summed E-state index contributed by atoms with van der Waals surface area (Å²) in [5.41, 5.74) is 0. The quantitative estimate of drug-likeness (QED) is 0.0650. The predicted molar refractivity (Wildman–Crippen MR) is 170 cm³/mol. The third kappa shape index (κ3) is 27.1. The van der Waals surface area contributed by atoms with Crippen molar-refractivity contribution in [3.63, 3.8) is 0 Å². The highest BCUT2D eigenvalue weighted by Crippen LogP contribution is 2.21. The first-order chi connectivity index (χ1) is 18.7. The minimum atomic E-state index is 0.0567. The fourth-order valence-corrected chi connectivity index (χ4v) is 5.67. The molecule has 0 bridgehead atoms. The van der Waals surface area contributed by atoms with E-state index >= 15 is 0 Å². The molecule has 0 aromatic heterocycles. The van der Waals surface area contributed by atoms with Crippen molar-refractivity contribution in [2.24, 2.45) is 11.8 Å².